The summed E-state index contributed by atoms with van der Waals surface area (Å²) in [6.07, 6.45) is 4.47. The number of ketones is 2. The predicted octanol–water partition coefficient (Wildman–Crippen LogP) is 4.52. The number of ether oxygens (including phenoxy) is 2. The van der Waals surface area contributed by atoms with E-state index in [0.29, 0.717) is 19.3 Å². The molecule has 5 rings (SSSR count). The minimum Gasteiger partial charge on any atom is -0.394 e. The molecule has 8 nitrogen and oxygen atoms in total. The molecular formula is C36H56O8. The van der Waals surface area contributed by atoms with Crippen LogP contribution in [-0.2, 0) is 19.1 Å². The van der Waals surface area contributed by atoms with Crippen LogP contribution in [0.3, 0.4) is 0 Å². The largest absolute Gasteiger partial charge is 0.394 e. The molecule has 4 aliphatic carbocycles. The van der Waals surface area contributed by atoms with Gasteiger partial charge in [-0.05, 0) is 99.4 Å². The van der Waals surface area contributed by atoms with E-state index in [4.69, 9.17) is 9.47 Å². The smallest absolute Gasteiger partial charge is 0.187 e. The molecule has 3 saturated carbocycles. The summed E-state index contributed by atoms with van der Waals surface area (Å²) in [6.45, 7) is 16.7. The monoisotopic (exact) mass is 616 g/mol. The molecule has 0 bridgehead atoms. The van der Waals surface area contributed by atoms with Gasteiger partial charge in [0, 0.05) is 17.8 Å². The Bertz CT molecular complexity index is 1200. The molecule has 0 radical (unpaired) electrons. The lowest BCUT2D eigenvalue weighted by Crippen LogP contribution is -2.65. The Balaban J connectivity index is 1.51. The molecule has 248 valence electrons. The lowest BCUT2D eigenvalue weighted by atomic mass is 9.36. The van der Waals surface area contributed by atoms with Gasteiger partial charge in [-0.25, -0.2) is 0 Å². The normalized spacial score (nSPS) is 47.8. The maximum atomic E-state index is 14.6. The summed E-state index contributed by atoms with van der Waals surface area (Å²) < 4.78 is 12.5. The van der Waals surface area contributed by atoms with Gasteiger partial charge in [-0.1, -0.05) is 52.3 Å². The summed E-state index contributed by atoms with van der Waals surface area (Å²) in [4.78, 5) is 27.5. The van der Waals surface area contributed by atoms with Crippen molar-refractivity contribution in [3.05, 3.63) is 23.8 Å². The zero-order valence-electron chi connectivity index (χ0n) is 28.0. The number of carbonyl (C=O) groups excluding carboxylic acids is 2. The van der Waals surface area contributed by atoms with Gasteiger partial charge in [-0.2, -0.15) is 0 Å². The number of aliphatic hydroxyl groups is 4. The predicted molar refractivity (Wildman–Crippen MR) is 166 cm³/mol. The molecule has 0 aromatic carbocycles. The third-order valence-corrected chi connectivity index (χ3v) is 13.7. The molecule has 1 saturated heterocycles. The standard InChI is InChI=1S/C36H56O8/c1-20(2)10-9-14-36(8,44-31-30(42)29(41)28(40)23(19-37)43-31)21-11-16-35(7)27(21)22(38)18-25-33(5)15-13-26(39)32(3,4)24(33)12-17-34(25,35)6/h10,13,15,21,23-25,27-31,37,40-42H,9,11-12,14,16-19H2,1-8H3/t21?,23?,24?,25?,27?,28-,29?,30?,31+,33+,34-,35-,36?/m1/s1. The first-order chi connectivity index (χ1) is 20.4. The number of allylic oxidation sites excluding steroid dienone is 4. The van der Waals surface area contributed by atoms with Gasteiger partial charge in [0.15, 0.2) is 12.1 Å². The molecule has 0 aromatic rings. The quantitative estimate of drug-likeness (QED) is 0.307. The van der Waals surface area contributed by atoms with E-state index in [9.17, 15) is 30.0 Å². The number of Topliss-reactive ketones (excluding diaryl/α,β-unsaturated/α-hetero) is 1. The number of aliphatic hydroxyl groups excluding tert-OH is 4. The average molecular weight is 617 g/mol. The highest BCUT2D eigenvalue weighted by Crippen LogP contribution is 2.74. The van der Waals surface area contributed by atoms with Gasteiger partial charge >= 0.3 is 0 Å². The highest BCUT2D eigenvalue weighted by Gasteiger charge is 2.71. The Morgan fingerprint density at radius 2 is 1.66 bits per heavy atom. The summed E-state index contributed by atoms with van der Waals surface area (Å²) >= 11 is 0. The lowest BCUT2D eigenvalue weighted by molar-refractivity contribution is -0.333. The molecule has 8 unspecified atom stereocenters. The highest BCUT2D eigenvalue weighted by atomic mass is 16.7. The van der Waals surface area contributed by atoms with Gasteiger partial charge in [-0.3, -0.25) is 9.59 Å². The van der Waals surface area contributed by atoms with Crippen LogP contribution in [-0.4, -0.2) is 74.9 Å². The van der Waals surface area contributed by atoms with Crippen molar-refractivity contribution in [2.45, 2.75) is 137 Å². The van der Waals surface area contributed by atoms with Gasteiger partial charge < -0.3 is 29.9 Å². The fourth-order valence-electron chi connectivity index (χ4n) is 10.8. The van der Waals surface area contributed by atoms with Crippen molar-refractivity contribution in [3.8, 4) is 0 Å². The number of rotatable bonds is 7. The van der Waals surface area contributed by atoms with Crippen molar-refractivity contribution in [1.29, 1.82) is 0 Å². The van der Waals surface area contributed by atoms with Crippen LogP contribution < -0.4 is 0 Å². The maximum absolute atomic E-state index is 14.6. The van der Waals surface area contributed by atoms with Gasteiger partial charge in [0.05, 0.1) is 12.2 Å². The van der Waals surface area contributed by atoms with Gasteiger partial charge in [0.2, 0.25) is 0 Å². The average Bonchev–Trinajstić information content (AvgIpc) is 3.33. The molecule has 1 aliphatic heterocycles. The van der Waals surface area contributed by atoms with Crippen molar-refractivity contribution >= 4 is 11.6 Å². The Labute approximate surface area is 263 Å². The van der Waals surface area contributed by atoms with Crippen molar-refractivity contribution in [1.82, 2.24) is 0 Å². The second-order valence-electron chi connectivity index (χ2n) is 16.5. The second-order valence-corrected chi connectivity index (χ2v) is 16.5. The fourth-order valence-corrected chi connectivity index (χ4v) is 10.8. The summed E-state index contributed by atoms with van der Waals surface area (Å²) in [5, 5.41) is 41.6. The van der Waals surface area contributed by atoms with Crippen LogP contribution >= 0.6 is 0 Å². The summed E-state index contributed by atoms with van der Waals surface area (Å²) in [7, 11) is 0. The van der Waals surface area contributed by atoms with E-state index in [1.807, 2.05) is 20.8 Å². The van der Waals surface area contributed by atoms with E-state index in [1.54, 1.807) is 6.08 Å². The van der Waals surface area contributed by atoms with Crippen LogP contribution in [0.2, 0.25) is 0 Å². The minimum atomic E-state index is -1.53. The lowest BCUT2D eigenvalue weighted by Gasteiger charge is -2.67. The minimum absolute atomic E-state index is 0.119. The number of fused-ring (bicyclic) bond motifs is 5. The molecule has 5 aliphatic rings. The SMILES string of the molecule is CC(C)=CCCC(C)(O[C@@H]1OC(CO)[C@@H](O)C(O)C1O)C1CC[C@]2(C)C1C(=O)CC1[C@@]3(C)C=CC(=O)C(C)(C)C3CC[C@]12C. The molecule has 1 heterocycles. The summed E-state index contributed by atoms with van der Waals surface area (Å²) in [5.74, 6) is 0.308. The van der Waals surface area contributed by atoms with Crippen molar-refractivity contribution in [2.75, 3.05) is 6.61 Å². The first kappa shape index (κ1) is 33.9. The van der Waals surface area contributed by atoms with Gasteiger partial charge in [0.25, 0.3) is 0 Å². The van der Waals surface area contributed by atoms with Crippen LogP contribution in [0.5, 0.6) is 0 Å². The van der Waals surface area contributed by atoms with Crippen LogP contribution in [0.25, 0.3) is 0 Å². The van der Waals surface area contributed by atoms with Crippen molar-refractivity contribution < 1.29 is 39.5 Å². The molecular weight excluding hydrogens is 560 g/mol. The van der Waals surface area contributed by atoms with E-state index in [1.165, 1.54) is 5.57 Å². The molecule has 0 amide bonds. The Morgan fingerprint density at radius 3 is 2.30 bits per heavy atom. The Kier molecular flexibility index (Phi) is 8.77. The molecule has 0 aromatic heterocycles. The zero-order valence-corrected chi connectivity index (χ0v) is 28.0. The van der Waals surface area contributed by atoms with E-state index in [-0.39, 0.29) is 51.5 Å². The first-order valence-corrected chi connectivity index (χ1v) is 16.8. The molecule has 0 spiro atoms. The first-order valence-electron chi connectivity index (χ1n) is 16.8. The maximum Gasteiger partial charge on any atom is 0.187 e. The third-order valence-electron chi connectivity index (χ3n) is 13.7. The van der Waals surface area contributed by atoms with Crippen LogP contribution in [0.1, 0.15) is 100 Å². The van der Waals surface area contributed by atoms with Crippen LogP contribution in [0.15, 0.2) is 23.8 Å². The van der Waals surface area contributed by atoms with Crippen LogP contribution in [0.4, 0.5) is 0 Å². The summed E-state index contributed by atoms with van der Waals surface area (Å²) in [6, 6.07) is 0. The summed E-state index contributed by atoms with van der Waals surface area (Å²) in [5.41, 5.74) is -0.857. The molecule has 4 N–H and O–H groups in total. The van der Waals surface area contributed by atoms with E-state index in [2.05, 4.69) is 46.8 Å². The number of carbonyl (C=O) groups is 2. The van der Waals surface area contributed by atoms with Crippen molar-refractivity contribution in [2.24, 2.45) is 45.3 Å². The highest BCUT2D eigenvalue weighted by molar-refractivity contribution is 5.96. The molecule has 44 heavy (non-hydrogen) atoms. The van der Waals surface area contributed by atoms with E-state index in [0.717, 1.165) is 25.7 Å². The topological polar surface area (TPSA) is 134 Å². The molecule has 8 heteroatoms. The van der Waals surface area contributed by atoms with Gasteiger partial charge in [0.1, 0.15) is 30.2 Å². The fraction of sp³-hybridized carbons (Fsp3) is 0.833. The number of hydrogen-bond donors (Lipinski definition) is 4. The second kappa shape index (κ2) is 11.4. The third kappa shape index (κ3) is 4.93. The molecule has 13 atom stereocenters. The van der Waals surface area contributed by atoms with E-state index >= 15 is 0 Å². The zero-order chi connectivity index (χ0) is 32.6. The Hall–Kier alpha value is -1.42. The molecule has 4 fully saturated rings. The van der Waals surface area contributed by atoms with Crippen molar-refractivity contribution in [3.63, 3.8) is 0 Å². The van der Waals surface area contributed by atoms with E-state index < -0.39 is 48.3 Å². The Morgan fingerprint density at radius 1 is 1.00 bits per heavy atom. The van der Waals surface area contributed by atoms with Gasteiger partial charge in [-0.15, -0.1) is 0 Å². The van der Waals surface area contributed by atoms with Crippen LogP contribution in [0, 0.1) is 45.3 Å². The number of hydrogen-bond acceptors (Lipinski definition) is 8.